The van der Waals surface area contributed by atoms with Gasteiger partial charge < -0.3 is 14.8 Å². The summed E-state index contributed by atoms with van der Waals surface area (Å²) in [5.41, 5.74) is 1.38. The molecule has 2 N–H and O–H groups in total. The van der Waals surface area contributed by atoms with E-state index in [9.17, 15) is 5.11 Å². The number of nitrogens with zero attached hydrogens (tertiary/aromatic N) is 2. The van der Waals surface area contributed by atoms with Crippen molar-refractivity contribution in [2.45, 2.75) is 0 Å². The monoisotopic (exact) mass is 303 g/mol. The van der Waals surface area contributed by atoms with E-state index in [2.05, 4.69) is 15.3 Å². The summed E-state index contributed by atoms with van der Waals surface area (Å²) in [4.78, 5) is 9.09. The van der Waals surface area contributed by atoms with Crippen molar-refractivity contribution in [3.8, 4) is 17.3 Å². The number of para-hydroxylation sites is 3. The van der Waals surface area contributed by atoms with Gasteiger partial charge in [-0.05, 0) is 36.4 Å². The first-order valence-electron chi connectivity index (χ1n) is 7.17. The molecule has 0 saturated carbocycles. The van der Waals surface area contributed by atoms with E-state index < -0.39 is 0 Å². The molecule has 2 aromatic heterocycles. The van der Waals surface area contributed by atoms with Crippen LogP contribution in [-0.4, -0.2) is 15.1 Å². The van der Waals surface area contributed by atoms with Gasteiger partial charge in [-0.2, -0.15) is 0 Å². The second-order valence-electron chi connectivity index (χ2n) is 5.03. The fourth-order valence-corrected chi connectivity index (χ4v) is 2.39. The summed E-state index contributed by atoms with van der Waals surface area (Å²) >= 11 is 0. The van der Waals surface area contributed by atoms with Crippen molar-refractivity contribution in [3.63, 3.8) is 0 Å². The first-order valence-corrected chi connectivity index (χ1v) is 7.17. The van der Waals surface area contributed by atoms with Gasteiger partial charge in [-0.3, -0.25) is 0 Å². The van der Waals surface area contributed by atoms with Crippen LogP contribution in [0.1, 0.15) is 0 Å². The number of anilines is 2. The van der Waals surface area contributed by atoms with Gasteiger partial charge in [-0.15, -0.1) is 0 Å². The average molecular weight is 303 g/mol. The number of benzene rings is 2. The van der Waals surface area contributed by atoms with Gasteiger partial charge in [-0.1, -0.05) is 24.3 Å². The van der Waals surface area contributed by atoms with Gasteiger partial charge in [0.1, 0.15) is 11.6 Å². The molecule has 0 atom stereocenters. The van der Waals surface area contributed by atoms with Crippen molar-refractivity contribution < 1.29 is 9.52 Å². The van der Waals surface area contributed by atoms with Crippen LogP contribution in [0.15, 0.2) is 71.3 Å². The van der Waals surface area contributed by atoms with Crippen LogP contribution in [0.5, 0.6) is 5.75 Å². The zero-order valence-corrected chi connectivity index (χ0v) is 12.1. The molecular formula is C18H13N3O2. The topological polar surface area (TPSA) is 71.2 Å². The van der Waals surface area contributed by atoms with Crippen LogP contribution < -0.4 is 5.32 Å². The molecule has 0 spiro atoms. The van der Waals surface area contributed by atoms with Gasteiger partial charge in [0.05, 0.1) is 17.5 Å². The summed E-state index contributed by atoms with van der Waals surface area (Å²) in [6.07, 6.45) is 1.59. The predicted octanol–water partition coefficient (Wildman–Crippen LogP) is 4.34. The van der Waals surface area contributed by atoms with Gasteiger partial charge in [0.25, 0.3) is 0 Å². The Morgan fingerprint density at radius 2 is 1.70 bits per heavy atom. The number of hydrogen-bond acceptors (Lipinski definition) is 5. The van der Waals surface area contributed by atoms with Crippen LogP contribution in [0, 0.1) is 0 Å². The summed E-state index contributed by atoms with van der Waals surface area (Å²) in [5, 5.41) is 14.0. The Balaban J connectivity index is 1.89. The van der Waals surface area contributed by atoms with E-state index >= 15 is 0 Å². The van der Waals surface area contributed by atoms with E-state index in [4.69, 9.17) is 4.42 Å². The third kappa shape index (κ3) is 2.48. The Bertz CT molecular complexity index is 965. The summed E-state index contributed by atoms with van der Waals surface area (Å²) in [5.74, 6) is 1.86. The van der Waals surface area contributed by atoms with Gasteiger partial charge in [-0.25, -0.2) is 9.97 Å². The molecule has 0 saturated heterocycles. The molecule has 0 bridgehead atoms. The maximum absolute atomic E-state index is 9.97. The lowest BCUT2D eigenvalue weighted by molar-refractivity contribution is 0.478. The average Bonchev–Trinajstić information content (AvgIpc) is 3.11. The number of phenolic OH excluding ortho intramolecular Hbond substituents is 1. The molecule has 0 unspecified atom stereocenters. The molecule has 5 nitrogen and oxygen atoms in total. The van der Waals surface area contributed by atoms with Crippen molar-refractivity contribution >= 4 is 22.4 Å². The van der Waals surface area contributed by atoms with Crippen LogP contribution >= 0.6 is 0 Å². The quantitative estimate of drug-likeness (QED) is 0.551. The Morgan fingerprint density at radius 3 is 2.52 bits per heavy atom. The standard InChI is InChI=1S/C18H13N3O2/c22-15-9-4-3-8-14(15)20-17-12-6-1-2-7-13(12)19-18(21-17)16-10-5-11-23-16/h1-11,22H,(H,19,20,21). The highest BCUT2D eigenvalue weighted by molar-refractivity contribution is 5.92. The molecule has 4 rings (SSSR count). The highest BCUT2D eigenvalue weighted by Gasteiger charge is 2.12. The second-order valence-corrected chi connectivity index (χ2v) is 5.03. The zero-order chi connectivity index (χ0) is 15.6. The molecule has 0 radical (unpaired) electrons. The van der Waals surface area contributed by atoms with Gasteiger partial charge in [0, 0.05) is 5.39 Å². The van der Waals surface area contributed by atoms with Crippen LogP contribution in [0.2, 0.25) is 0 Å². The zero-order valence-electron chi connectivity index (χ0n) is 12.1. The van der Waals surface area contributed by atoms with E-state index in [-0.39, 0.29) is 5.75 Å². The van der Waals surface area contributed by atoms with Gasteiger partial charge in [0.15, 0.2) is 11.6 Å². The van der Waals surface area contributed by atoms with Crippen molar-refractivity contribution in [2.75, 3.05) is 5.32 Å². The molecule has 23 heavy (non-hydrogen) atoms. The van der Waals surface area contributed by atoms with Crippen LogP contribution in [0.4, 0.5) is 11.5 Å². The maximum Gasteiger partial charge on any atom is 0.198 e. The lowest BCUT2D eigenvalue weighted by Crippen LogP contribution is -1.99. The number of nitrogens with one attached hydrogen (secondary N) is 1. The summed E-state index contributed by atoms with van der Waals surface area (Å²) in [6.45, 7) is 0. The lowest BCUT2D eigenvalue weighted by Gasteiger charge is -2.11. The fraction of sp³-hybridized carbons (Fsp3) is 0. The fourth-order valence-electron chi connectivity index (χ4n) is 2.39. The summed E-state index contributed by atoms with van der Waals surface area (Å²) in [7, 11) is 0. The number of hydrogen-bond donors (Lipinski definition) is 2. The molecular weight excluding hydrogens is 290 g/mol. The summed E-state index contributed by atoms with van der Waals surface area (Å²) in [6, 6.07) is 18.3. The van der Waals surface area contributed by atoms with Crippen molar-refractivity contribution in [1.82, 2.24) is 9.97 Å². The Labute approximate surface area is 132 Å². The van der Waals surface area contributed by atoms with Crippen molar-refractivity contribution in [2.24, 2.45) is 0 Å². The van der Waals surface area contributed by atoms with E-state index in [1.165, 1.54) is 0 Å². The molecule has 2 heterocycles. The lowest BCUT2D eigenvalue weighted by atomic mass is 10.2. The van der Waals surface area contributed by atoms with Crippen LogP contribution in [0.3, 0.4) is 0 Å². The number of rotatable bonds is 3. The molecule has 2 aromatic carbocycles. The van der Waals surface area contributed by atoms with Crippen LogP contribution in [-0.2, 0) is 0 Å². The molecule has 0 aliphatic carbocycles. The minimum absolute atomic E-state index is 0.162. The van der Waals surface area contributed by atoms with Crippen molar-refractivity contribution in [1.29, 1.82) is 0 Å². The normalized spacial score (nSPS) is 10.8. The molecule has 0 amide bonds. The molecule has 0 aliphatic rings. The molecule has 5 heteroatoms. The predicted molar refractivity (Wildman–Crippen MR) is 88.6 cm³/mol. The molecule has 0 fully saturated rings. The smallest absolute Gasteiger partial charge is 0.198 e. The minimum Gasteiger partial charge on any atom is -0.506 e. The highest BCUT2D eigenvalue weighted by Crippen LogP contribution is 2.30. The molecule has 4 aromatic rings. The number of aromatic nitrogens is 2. The Hall–Kier alpha value is -3.34. The van der Waals surface area contributed by atoms with E-state index in [0.29, 0.717) is 23.1 Å². The molecule has 0 aliphatic heterocycles. The van der Waals surface area contributed by atoms with E-state index in [1.807, 2.05) is 36.4 Å². The van der Waals surface area contributed by atoms with E-state index in [1.54, 1.807) is 30.5 Å². The number of furan rings is 1. The largest absolute Gasteiger partial charge is 0.506 e. The highest BCUT2D eigenvalue weighted by atomic mass is 16.3. The number of phenols is 1. The Morgan fingerprint density at radius 1 is 0.870 bits per heavy atom. The maximum atomic E-state index is 9.97. The molecule has 112 valence electrons. The summed E-state index contributed by atoms with van der Waals surface area (Å²) < 4.78 is 5.40. The number of aromatic hydroxyl groups is 1. The van der Waals surface area contributed by atoms with Gasteiger partial charge >= 0.3 is 0 Å². The second kappa shape index (κ2) is 5.46. The van der Waals surface area contributed by atoms with Gasteiger partial charge in [0.2, 0.25) is 0 Å². The first kappa shape index (κ1) is 13.3. The SMILES string of the molecule is Oc1ccccc1Nc1nc(-c2ccco2)nc2ccccc12. The third-order valence-electron chi connectivity index (χ3n) is 3.50. The first-order chi connectivity index (χ1) is 11.3. The van der Waals surface area contributed by atoms with Crippen molar-refractivity contribution in [3.05, 3.63) is 66.9 Å². The number of fused-ring (bicyclic) bond motifs is 1. The van der Waals surface area contributed by atoms with E-state index in [0.717, 1.165) is 10.9 Å². The third-order valence-corrected chi connectivity index (χ3v) is 3.50. The Kier molecular flexibility index (Phi) is 3.16. The minimum atomic E-state index is 0.162. The van der Waals surface area contributed by atoms with Crippen LogP contribution in [0.25, 0.3) is 22.5 Å².